The fraction of sp³-hybridized carbons (Fsp3) is 0.409. The summed E-state index contributed by atoms with van der Waals surface area (Å²) in [5, 5.41) is 10.3. The zero-order valence-electron chi connectivity index (χ0n) is 17.3. The van der Waals surface area contributed by atoms with Crippen molar-refractivity contribution >= 4 is 52.2 Å². The van der Waals surface area contributed by atoms with Gasteiger partial charge < -0.3 is 20.4 Å². The smallest absolute Gasteiger partial charge is 0.191 e. The van der Waals surface area contributed by atoms with Crippen molar-refractivity contribution in [2.45, 2.75) is 19.5 Å². The van der Waals surface area contributed by atoms with Gasteiger partial charge in [0.1, 0.15) is 0 Å². The zero-order valence-corrected chi connectivity index (χ0v) is 20.4. The molecule has 1 aliphatic heterocycles. The molecule has 0 saturated carbocycles. The van der Waals surface area contributed by atoms with Gasteiger partial charge >= 0.3 is 0 Å². The van der Waals surface area contributed by atoms with Crippen LogP contribution in [0, 0.1) is 0 Å². The van der Waals surface area contributed by atoms with Crippen LogP contribution in [0.1, 0.15) is 23.5 Å². The molecule has 3 heterocycles. The van der Waals surface area contributed by atoms with Gasteiger partial charge in [-0.05, 0) is 35.9 Å². The first kappa shape index (κ1) is 23.1. The van der Waals surface area contributed by atoms with Gasteiger partial charge in [-0.2, -0.15) is 0 Å². The highest BCUT2D eigenvalue weighted by Crippen LogP contribution is 2.25. The lowest BCUT2D eigenvalue weighted by Gasteiger charge is -2.34. The van der Waals surface area contributed by atoms with E-state index in [4.69, 9.17) is 9.73 Å². The van der Waals surface area contributed by atoms with E-state index in [9.17, 15) is 0 Å². The summed E-state index contributed by atoms with van der Waals surface area (Å²) in [5.41, 5.74) is 2.27. The average Bonchev–Trinajstić information content (AvgIpc) is 3.42. The molecular weight excluding hydrogens is 509 g/mol. The largest absolute Gasteiger partial charge is 0.379 e. The number of nitrogens with zero attached hydrogens (tertiary/aromatic N) is 2. The molecule has 0 bridgehead atoms. The molecule has 30 heavy (non-hydrogen) atoms. The summed E-state index contributed by atoms with van der Waals surface area (Å²) in [6.07, 6.45) is 0. The van der Waals surface area contributed by atoms with Crippen LogP contribution in [0.2, 0.25) is 0 Å². The Morgan fingerprint density at radius 1 is 1.20 bits per heavy atom. The van der Waals surface area contributed by atoms with Crippen LogP contribution in [0.15, 0.2) is 52.8 Å². The van der Waals surface area contributed by atoms with Crippen molar-refractivity contribution in [2.75, 3.05) is 39.4 Å². The number of benzene rings is 1. The van der Waals surface area contributed by atoms with Gasteiger partial charge in [0, 0.05) is 42.3 Å². The number of H-pyrrole nitrogens is 1. The second-order valence-electron chi connectivity index (χ2n) is 7.14. The monoisotopic (exact) mass is 539 g/mol. The maximum absolute atomic E-state index is 5.55. The van der Waals surface area contributed by atoms with E-state index in [1.165, 1.54) is 10.3 Å². The maximum Gasteiger partial charge on any atom is 0.191 e. The molecule has 0 spiro atoms. The molecule has 0 aliphatic carbocycles. The molecule has 0 amide bonds. The summed E-state index contributed by atoms with van der Waals surface area (Å²) in [6, 6.07) is 15.2. The standard InChI is InChI=1S/C22H29N5OS.HI/c1-2-23-22(24-15-18-14-17-6-3-4-7-19(17)26-18)25-16-20(21-8-5-13-29-21)27-9-11-28-12-10-27;/h3-8,13-14,20,26H,2,9-12,15-16H2,1H3,(H2,23,24,25);1H. The molecule has 1 unspecified atom stereocenters. The minimum Gasteiger partial charge on any atom is -0.379 e. The number of aromatic amines is 1. The summed E-state index contributed by atoms with van der Waals surface area (Å²) in [7, 11) is 0. The topological polar surface area (TPSA) is 64.7 Å². The molecular formula is C22H30IN5OS. The maximum atomic E-state index is 5.55. The number of nitrogens with one attached hydrogen (secondary N) is 3. The van der Waals surface area contributed by atoms with Crippen molar-refractivity contribution in [1.82, 2.24) is 20.5 Å². The lowest BCUT2D eigenvalue weighted by Crippen LogP contribution is -2.46. The van der Waals surface area contributed by atoms with E-state index in [1.807, 2.05) is 17.4 Å². The Balaban J connectivity index is 0.00000256. The molecule has 1 aromatic carbocycles. The van der Waals surface area contributed by atoms with Crippen molar-refractivity contribution < 1.29 is 4.74 Å². The van der Waals surface area contributed by atoms with Gasteiger partial charge in [0.05, 0.1) is 25.8 Å². The molecule has 1 aliphatic rings. The number of ether oxygens (including phenoxy) is 1. The van der Waals surface area contributed by atoms with Gasteiger partial charge in [0.2, 0.25) is 0 Å². The van der Waals surface area contributed by atoms with Crippen molar-refractivity contribution in [3.05, 3.63) is 58.4 Å². The Morgan fingerprint density at radius 2 is 2.03 bits per heavy atom. The lowest BCUT2D eigenvalue weighted by molar-refractivity contribution is 0.0177. The van der Waals surface area contributed by atoms with Crippen LogP contribution >= 0.6 is 35.3 Å². The Kier molecular flexibility index (Phi) is 8.98. The summed E-state index contributed by atoms with van der Waals surface area (Å²) >= 11 is 1.81. The molecule has 4 rings (SSSR count). The molecule has 2 aromatic heterocycles. The van der Waals surface area contributed by atoms with Crippen LogP contribution in [0.4, 0.5) is 0 Å². The summed E-state index contributed by atoms with van der Waals surface area (Å²) < 4.78 is 5.55. The molecule has 162 valence electrons. The van der Waals surface area contributed by atoms with Gasteiger partial charge in [-0.15, -0.1) is 35.3 Å². The van der Waals surface area contributed by atoms with Crippen molar-refractivity contribution in [3.8, 4) is 0 Å². The molecule has 0 radical (unpaired) electrons. The van der Waals surface area contributed by atoms with Gasteiger partial charge in [0.25, 0.3) is 0 Å². The Morgan fingerprint density at radius 3 is 2.77 bits per heavy atom. The number of guanidine groups is 1. The number of thiophene rings is 1. The van der Waals surface area contributed by atoms with Crippen LogP contribution in [-0.2, 0) is 11.3 Å². The minimum absolute atomic E-state index is 0. The normalized spacial score (nSPS) is 16.2. The van der Waals surface area contributed by atoms with Crippen LogP contribution < -0.4 is 10.6 Å². The first-order chi connectivity index (χ1) is 14.3. The third-order valence-electron chi connectivity index (χ3n) is 5.16. The molecule has 1 saturated heterocycles. The number of hydrogen-bond donors (Lipinski definition) is 3. The van der Waals surface area contributed by atoms with E-state index in [-0.39, 0.29) is 24.0 Å². The quantitative estimate of drug-likeness (QED) is 0.242. The number of aliphatic imine (C=N–C) groups is 1. The Labute approximate surface area is 199 Å². The first-order valence-electron chi connectivity index (χ1n) is 10.3. The van der Waals surface area contributed by atoms with Crippen LogP contribution in [0.5, 0.6) is 0 Å². The van der Waals surface area contributed by atoms with Crippen molar-refractivity contribution in [2.24, 2.45) is 4.99 Å². The van der Waals surface area contributed by atoms with Gasteiger partial charge in [0.15, 0.2) is 5.96 Å². The highest BCUT2D eigenvalue weighted by Gasteiger charge is 2.23. The lowest BCUT2D eigenvalue weighted by atomic mass is 10.2. The average molecular weight is 539 g/mol. The SMILES string of the molecule is CCNC(=NCc1cc2ccccc2[nH]1)NCC(c1cccs1)N1CCOCC1.I. The number of aromatic nitrogens is 1. The number of halogens is 1. The van der Waals surface area contributed by atoms with E-state index in [0.717, 1.165) is 56.6 Å². The molecule has 8 heteroatoms. The fourth-order valence-electron chi connectivity index (χ4n) is 3.70. The highest BCUT2D eigenvalue weighted by atomic mass is 127. The van der Waals surface area contributed by atoms with Gasteiger partial charge in [-0.3, -0.25) is 4.90 Å². The third kappa shape index (κ3) is 5.96. The van der Waals surface area contributed by atoms with Gasteiger partial charge in [-0.1, -0.05) is 24.3 Å². The number of fused-ring (bicyclic) bond motifs is 1. The summed E-state index contributed by atoms with van der Waals surface area (Å²) in [5.74, 6) is 0.848. The predicted octanol–water partition coefficient (Wildman–Crippen LogP) is 3.98. The molecule has 1 fully saturated rings. The third-order valence-corrected chi connectivity index (χ3v) is 6.13. The second-order valence-corrected chi connectivity index (χ2v) is 8.12. The number of para-hydroxylation sites is 1. The number of morpholine rings is 1. The van der Waals surface area contributed by atoms with Crippen LogP contribution in [0.3, 0.4) is 0 Å². The molecule has 1 atom stereocenters. The fourth-order valence-corrected chi connectivity index (χ4v) is 4.56. The van der Waals surface area contributed by atoms with E-state index < -0.39 is 0 Å². The molecule has 3 aromatic rings. The van der Waals surface area contributed by atoms with Crippen molar-refractivity contribution in [3.63, 3.8) is 0 Å². The zero-order chi connectivity index (χ0) is 19.9. The van der Waals surface area contributed by atoms with E-state index in [1.54, 1.807) is 0 Å². The first-order valence-corrected chi connectivity index (χ1v) is 11.2. The van der Waals surface area contributed by atoms with Crippen LogP contribution in [-0.4, -0.2) is 55.2 Å². The minimum atomic E-state index is 0. The Hall–Kier alpha value is -1.62. The molecule has 6 nitrogen and oxygen atoms in total. The van der Waals surface area contributed by atoms with E-state index in [0.29, 0.717) is 12.6 Å². The summed E-state index contributed by atoms with van der Waals surface area (Å²) in [6.45, 7) is 7.90. The van der Waals surface area contributed by atoms with E-state index in [2.05, 4.69) is 69.2 Å². The predicted molar refractivity (Wildman–Crippen MR) is 136 cm³/mol. The van der Waals surface area contributed by atoms with Gasteiger partial charge in [-0.25, -0.2) is 4.99 Å². The van der Waals surface area contributed by atoms with E-state index >= 15 is 0 Å². The molecule has 3 N–H and O–H groups in total. The Bertz CT molecular complexity index is 888. The number of rotatable bonds is 7. The van der Waals surface area contributed by atoms with Crippen LogP contribution in [0.25, 0.3) is 10.9 Å². The van der Waals surface area contributed by atoms with Crippen molar-refractivity contribution in [1.29, 1.82) is 0 Å². The number of hydrogen-bond acceptors (Lipinski definition) is 4. The highest BCUT2D eigenvalue weighted by molar-refractivity contribution is 14.0. The second kappa shape index (κ2) is 11.7. The summed E-state index contributed by atoms with van der Waals surface area (Å²) in [4.78, 5) is 12.1.